The van der Waals surface area contributed by atoms with E-state index in [1.54, 1.807) is 7.11 Å². The summed E-state index contributed by atoms with van der Waals surface area (Å²) in [6.45, 7) is 6.77. The number of aliphatic imine (C=N–C) groups is 1. The highest BCUT2D eigenvalue weighted by Crippen LogP contribution is 2.19. The predicted octanol–water partition coefficient (Wildman–Crippen LogP) is 4.05. The summed E-state index contributed by atoms with van der Waals surface area (Å²) in [5, 5.41) is 6.94. The molecule has 0 atom stereocenters. The minimum atomic E-state index is 0. The minimum absolute atomic E-state index is 0. The first kappa shape index (κ1) is 25.3. The lowest BCUT2D eigenvalue weighted by Gasteiger charge is -2.34. The lowest BCUT2D eigenvalue weighted by Crippen LogP contribution is -2.48. The molecule has 7 heteroatoms. The zero-order chi connectivity index (χ0) is 21.0. The summed E-state index contributed by atoms with van der Waals surface area (Å²) < 4.78 is 11.2. The summed E-state index contributed by atoms with van der Waals surface area (Å²) in [5.41, 5.74) is 2.36. The number of hydrogen-bond donors (Lipinski definition) is 2. The molecule has 0 amide bonds. The van der Waals surface area contributed by atoms with Crippen LogP contribution in [0.3, 0.4) is 0 Å². The van der Waals surface area contributed by atoms with Crippen molar-refractivity contribution in [3.8, 4) is 5.75 Å². The van der Waals surface area contributed by atoms with Crippen molar-refractivity contribution in [1.29, 1.82) is 0 Å². The van der Waals surface area contributed by atoms with Gasteiger partial charge in [0.2, 0.25) is 0 Å². The first-order valence-electron chi connectivity index (χ1n) is 10.8. The van der Waals surface area contributed by atoms with Gasteiger partial charge in [-0.3, -0.25) is 4.99 Å². The van der Waals surface area contributed by atoms with Crippen LogP contribution in [0.25, 0.3) is 0 Å². The highest BCUT2D eigenvalue weighted by Gasteiger charge is 2.20. The summed E-state index contributed by atoms with van der Waals surface area (Å²) in [6, 6.07) is 19.0. The van der Waals surface area contributed by atoms with Gasteiger partial charge >= 0.3 is 0 Å². The monoisotopic (exact) mass is 538 g/mol. The van der Waals surface area contributed by atoms with Gasteiger partial charge in [-0.15, -0.1) is 24.0 Å². The Balaban J connectivity index is 0.00000341. The van der Waals surface area contributed by atoms with Gasteiger partial charge in [-0.2, -0.15) is 0 Å². The molecule has 2 aromatic rings. The Morgan fingerprint density at radius 1 is 1.06 bits per heavy atom. The molecule has 0 aliphatic carbocycles. The number of nitrogens with one attached hydrogen (secondary N) is 2. The number of guanidine groups is 1. The van der Waals surface area contributed by atoms with Crippen LogP contribution in [0.2, 0.25) is 0 Å². The van der Waals surface area contributed by atoms with E-state index in [0.717, 1.165) is 49.7 Å². The van der Waals surface area contributed by atoms with Crippen LogP contribution < -0.4 is 20.3 Å². The summed E-state index contributed by atoms with van der Waals surface area (Å²) in [5.74, 6) is 1.73. The average Bonchev–Trinajstić information content (AvgIpc) is 2.80. The van der Waals surface area contributed by atoms with Gasteiger partial charge in [-0.05, 0) is 38.0 Å². The van der Waals surface area contributed by atoms with Crippen LogP contribution in [0, 0.1) is 0 Å². The molecule has 3 rings (SSSR count). The standard InChI is InChI=1S/C24H34N4O2.HI/c1-3-25-24(26-15-18-30-19-20-9-7-8-12-23(20)29-2)27-21-13-16-28(17-14-21)22-10-5-4-6-11-22;/h4-12,21H,3,13-19H2,1-2H3,(H2,25,26,27);1H. The molecule has 170 valence electrons. The topological polar surface area (TPSA) is 58.1 Å². The van der Waals surface area contributed by atoms with E-state index in [0.29, 0.717) is 25.8 Å². The van der Waals surface area contributed by atoms with Gasteiger partial charge in [0.05, 0.1) is 26.9 Å². The van der Waals surface area contributed by atoms with Crippen LogP contribution in [0.4, 0.5) is 5.69 Å². The molecule has 1 heterocycles. The molecule has 0 unspecified atom stereocenters. The molecular weight excluding hydrogens is 503 g/mol. The molecule has 0 saturated carbocycles. The number of hydrogen-bond acceptors (Lipinski definition) is 4. The molecule has 6 nitrogen and oxygen atoms in total. The van der Waals surface area contributed by atoms with E-state index in [-0.39, 0.29) is 24.0 Å². The van der Waals surface area contributed by atoms with E-state index >= 15 is 0 Å². The summed E-state index contributed by atoms with van der Waals surface area (Å²) >= 11 is 0. The third kappa shape index (κ3) is 8.22. The minimum Gasteiger partial charge on any atom is -0.496 e. The Morgan fingerprint density at radius 3 is 2.48 bits per heavy atom. The van der Waals surface area contributed by atoms with Gasteiger partial charge in [-0.1, -0.05) is 36.4 Å². The predicted molar refractivity (Wildman–Crippen MR) is 139 cm³/mol. The summed E-state index contributed by atoms with van der Waals surface area (Å²) in [4.78, 5) is 7.14. The third-order valence-corrected chi connectivity index (χ3v) is 5.26. The van der Waals surface area contributed by atoms with Gasteiger partial charge in [0.15, 0.2) is 5.96 Å². The number of benzene rings is 2. The second kappa shape index (κ2) is 14.1. The first-order chi connectivity index (χ1) is 14.8. The van der Waals surface area contributed by atoms with Crippen molar-refractivity contribution in [2.75, 3.05) is 44.8 Å². The number of ether oxygens (including phenoxy) is 2. The third-order valence-electron chi connectivity index (χ3n) is 5.26. The second-order valence-corrected chi connectivity index (χ2v) is 7.37. The molecule has 2 aromatic carbocycles. The van der Waals surface area contributed by atoms with Crippen LogP contribution >= 0.6 is 24.0 Å². The molecule has 0 bridgehead atoms. The first-order valence-corrected chi connectivity index (χ1v) is 10.8. The fraction of sp³-hybridized carbons (Fsp3) is 0.458. The highest BCUT2D eigenvalue weighted by atomic mass is 127. The van der Waals surface area contributed by atoms with Crippen molar-refractivity contribution in [2.45, 2.75) is 32.4 Å². The average molecular weight is 538 g/mol. The quantitative estimate of drug-likeness (QED) is 0.219. The fourth-order valence-electron chi connectivity index (χ4n) is 3.66. The largest absolute Gasteiger partial charge is 0.496 e. The molecule has 1 fully saturated rings. The van der Waals surface area contributed by atoms with Crippen molar-refractivity contribution < 1.29 is 9.47 Å². The van der Waals surface area contributed by atoms with E-state index < -0.39 is 0 Å². The fourth-order valence-corrected chi connectivity index (χ4v) is 3.66. The van der Waals surface area contributed by atoms with E-state index in [1.165, 1.54) is 5.69 Å². The Bertz CT molecular complexity index is 780. The van der Waals surface area contributed by atoms with E-state index in [9.17, 15) is 0 Å². The number of para-hydroxylation sites is 2. The Morgan fingerprint density at radius 2 is 1.77 bits per heavy atom. The zero-order valence-electron chi connectivity index (χ0n) is 18.5. The maximum atomic E-state index is 5.79. The van der Waals surface area contributed by atoms with E-state index in [1.807, 2.05) is 24.3 Å². The number of halogens is 1. The van der Waals surface area contributed by atoms with Crippen molar-refractivity contribution >= 4 is 35.6 Å². The van der Waals surface area contributed by atoms with Gasteiger partial charge in [0, 0.05) is 36.9 Å². The molecule has 1 saturated heterocycles. The van der Waals surface area contributed by atoms with Crippen molar-refractivity contribution in [1.82, 2.24) is 10.6 Å². The Hall–Kier alpha value is -2.00. The van der Waals surface area contributed by atoms with Gasteiger partial charge in [0.25, 0.3) is 0 Å². The maximum Gasteiger partial charge on any atom is 0.191 e. The second-order valence-electron chi connectivity index (χ2n) is 7.37. The van der Waals surface area contributed by atoms with Crippen LogP contribution in [0.5, 0.6) is 5.75 Å². The number of methoxy groups -OCH3 is 1. The molecule has 2 N–H and O–H groups in total. The normalized spacial score (nSPS) is 14.6. The van der Waals surface area contributed by atoms with Crippen LogP contribution in [0.15, 0.2) is 59.6 Å². The van der Waals surface area contributed by atoms with Gasteiger partial charge < -0.3 is 25.0 Å². The van der Waals surface area contributed by atoms with E-state index in [2.05, 4.69) is 57.8 Å². The van der Waals surface area contributed by atoms with E-state index in [4.69, 9.17) is 9.47 Å². The van der Waals surface area contributed by atoms with Gasteiger partial charge in [0.1, 0.15) is 5.75 Å². The van der Waals surface area contributed by atoms with Crippen molar-refractivity contribution in [3.63, 3.8) is 0 Å². The summed E-state index contributed by atoms with van der Waals surface area (Å²) in [6.07, 6.45) is 2.20. The smallest absolute Gasteiger partial charge is 0.191 e. The lowest BCUT2D eigenvalue weighted by molar-refractivity contribution is 0.126. The molecule has 31 heavy (non-hydrogen) atoms. The lowest BCUT2D eigenvalue weighted by atomic mass is 10.0. The Kier molecular flexibility index (Phi) is 11.5. The molecule has 1 aliphatic rings. The van der Waals surface area contributed by atoms with Crippen LogP contribution in [-0.4, -0.2) is 51.9 Å². The number of nitrogens with zero attached hydrogens (tertiary/aromatic N) is 2. The molecular formula is C24H35IN4O2. The highest BCUT2D eigenvalue weighted by molar-refractivity contribution is 14.0. The zero-order valence-corrected chi connectivity index (χ0v) is 20.9. The summed E-state index contributed by atoms with van der Waals surface area (Å²) in [7, 11) is 1.68. The van der Waals surface area contributed by atoms with Crippen LogP contribution in [0.1, 0.15) is 25.3 Å². The maximum absolute atomic E-state index is 5.79. The van der Waals surface area contributed by atoms with Crippen LogP contribution in [-0.2, 0) is 11.3 Å². The Labute approximate surface area is 203 Å². The molecule has 1 aliphatic heterocycles. The molecule has 0 spiro atoms. The molecule has 0 aromatic heterocycles. The van der Waals surface area contributed by atoms with Gasteiger partial charge in [-0.25, -0.2) is 0 Å². The molecule has 0 radical (unpaired) electrons. The number of anilines is 1. The number of rotatable bonds is 9. The van der Waals surface area contributed by atoms with Crippen molar-refractivity contribution in [2.24, 2.45) is 4.99 Å². The number of piperidine rings is 1. The van der Waals surface area contributed by atoms with Crippen molar-refractivity contribution in [3.05, 3.63) is 60.2 Å². The SMILES string of the molecule is CCNC(=NCCOCc1ccccc1OC)NC1CCN(c2ccccc2)CC1.I.